The van der Waals surface area contributed by atoms with Crippen LogP contribution in [-0.2, 0) is 16.6 Å². The maximum absolute atomic E-state index is 14.6. The summed E-state index contributed by atoms with van der Waals surface area (Å²) in [6.45, 7) is 4.09. The lowest BCUT2D eigenvalue weighted by molar-refractivity contribution is -0.153. The van der Waals surface area contributed by atoms with Gasteiger partial charge in [-0.1, -0.05) is 37.9 Å². The van der Waals surface area contributed by atoms with E-state index in [1.165, 1.54) is 19.9 Å². The highest BCUT2D eigenvalue weighted by Gasteiger charge is 2.43. The normalized spacial score (nSPS) is 13.7. The Morgan fingerprint density at radius 1 is 0.912 bits per heavy atom. The average Bonchev–Trinajstić information content (AvgIpc) is 2.97. The number of aromatic nitrogens is 1. The monoisotopic (exact) mass is 616 g/mol. The number of hydrogen-bond acceptors (Lipinski definition) is 2. The molecule has 34 heavy (non-hydrogen) atoms. The number of rotatable bonds is 4. The Kier molecular flexibility index (Phi) is 6.42. The van der Waals surface area contributed by atoms with Gasteiger partial charge in [0.1, 0.15) is 0 Å². The van der Waals surface area contributed by atoms with E-state index in [-0.39, 0.29) is 16.0 Å². The SMILES string of the molecule is Cc1cc(C)c(S(N)(=O)=O)c(C)c1C(Cn1c2ccc(Br)cc2c2cc(Br)ccc21)C(F)(F)F. The van der Waals surface area contributed by atoms with Crippen molar-refractivity contribution in [3.8, 4) is 0 Å². The molecular formula is C24H21Br2F3N2O2S. The van der Waals surface area contributed by atoms with Crippen molar-refractivity contribution in [3.63, 3.8) is 0 Å². The van der Waals surface area contributed by atoms with Crippen molar-refractivity contribution in [2.24, 2.45) is 5.14 Å². The first kappa shape index (κ1) is 25.2. The molecule has 4 rings (SSSR count). The molecule has 1 heterocycles. The van der Waals surface area contributed by atoms with E-state index >= 15 is 0 Å². The summed E-state index contributed by atoms with van der Waals surface area (Å²) in [5, 5.41) is 7.00. The summed E-state index contributed by atoms with van der Waals surface area (Å²) in [7, 11) is -4.21. The second kappa shape index (κ2) is 8.65. The third kappa shape index (κ3) is 4.41. The molecule has 10 heteroatoms. The minimum Gasteiger partial charge on any atom is -0.340 e. The molecule has 1 atom stereocenters. The number of nitrogens with two attached hydrogens (primary N) is 1. The largest absolute Gasteiger partial charge is 0.397 e. The Labute approximate surface area is 212 Å². The van der Waals surface area contributed by atoms with E-state index in [0.29, 0.717) is 22.2 Å². The number of halogens is 5. The van der Waals surface area contributed by atoms with Gasteiger partial charge in [0.25, 0.3) is 0 Å². The highest BCUT2D eigenvalue weighted by molar-refractivity contribution is 9.10. The van der Waals surface area contributed by atoms with Gasteiger partial charge in [-0.3, -0.25) is 0 Å². The zero-order valence-corrected chi connectivity index (χ0v) is 22.5. The van der Waals surface area contributed by atoms with Crippen LogP contribution >= 0.6 is 31.9 Å². The molecule has 0 aliphatic rings. The quantitative estimate of drug-likeness (QED) is 0.262. The fourth-order valence-corrected chi connectivity index (χ4v) is 6.71. The van der Waals surface area contributed by atoms with E-state index in [1.807, 2.05) is 12.1 Å². The van der Waals surface area contributed by atoms with Crippen LogP contribution in [0.2, 0.25) is 0 Å². The number of nitrogens with zero attached hydrogens (tertiary/aromatic N) is 1. The number of alkyl halides is 3. The van der Waals surface area contributed by atoms with E-state index in [0.717, 1.165) is 19.7 Å². The van der Waals surface area contributed by atoms with Crippen molar-refractivity contribution in [1.82, 2.24) is 4.57 Å². The van der Waals surface area contributed by atoms with Gasteiger partial charge in [0, 0.05) is 37.3 Å². The van der Waals surface area contributed by atoms with E-state index in [4.69, 9.17) is 5.14 Å². The molecule has 0 saturated carbocycles. The van der Waals surface area contributed by atoms with Crippen molar-refractivity contribution in [2.45, 2.75) is 44.3 Å². The fraction of sp³-hybridized carbons (Fsp3) is 0.250. The summed E-state index contributed by atoms with van der Waals surface area (Å²) in [6.07, 6.45) is -4.63. The second-order valence-electron chi connectivity index (χ2n) is 8.45. The van der Waals surface area contributed by atoms with Crippen LogP contribution in [0.5, 0.6) is 0 Å². The maximum Gasteiger partial charge on any atom is 0.397 e. The lowest BCUT2D eigenvalue weighted by Crippen LogP contribution is -2.28. The molecule has 0 spiro atoms. The predicted octanol–water partition coefficient (Wildman–Crippen LogP) is 7.24. The number of aryl methyl sites for hydroxylation is 2. The van der Waals surface area contributed by atoms with Crippen LogP contribution in [-0.4, -0.2) is 19.2 Å². The van der Waals surface area contributed by atoms with Crippen molar-refractivity contribution in [3.05, 3.63) is 73.7 Å². The molecule has 180 valence electrons. The molecule has 4 nitrogen and oxygen atoms in total. The van der Waals surface area contributed by atoms with Gasteiger partial charge in [-0.25, -0.2) is 13.6 Å². The van der Waals surface area contributed by atoms with Crippen molar-refractivity contribution in [1.29, 1.82) is 0 Å². The van der Waals surface area contributed by atoms with Gasteiger partial charge in [-0.2, -0.15) is 13.2 Å². The molecule has 0 saturated heterocycles. The summed E-state index contributed by atoms with van der Waals surface area (Å²) < 4.78 is 71.5. The molecule has 0 aliphatic heterocycles. The predicted molar refractivity (Wildman–Crippen MR) is 136 cm³/mol. The van der Waals surface area contributed by atoms with Gasteiger partial charge < -0.3 is 4.57 Å². The number of primary sulfonamides is 1. The lowest BCUT2D eigenvalue weighted by Gasteiger charge is -2.27. The summed E-state index contributed by atoms with van der Waals surface area (Å²) in [5.41, 5.74) is 1.98. The Morgan fingerprint density at radius 2 is 1.41 bits per heavy atom. The molecule has 0 bridgehead atoms. The van der Waals surface area contributed by atoms with Crippen molar-refractivity contribution < 1.29 is 21.6 Å². The fourth-order valence-electron chi connectivity index (χ4n) is 4.94. The lowest BCUT2D eigenvalue weighted by atomic mass is 9.88. The summed E-state index contributed by atoms with van der Waals surface area (Å²) in [5.74, 6) is -1.94. The number of hydrogen-bond donors (Lipinski definition) is 1. The van der Waals surface area contributed by atoms with Gasteiger partial charge in [-0.05, 0) is 79.4 Å². The molecule has 2 N–H and O–H groups in total. The number of benzene rings is 3. The Morgan fingerprint density at radius 3 is 1.85 bits per heavy atom. The first-order valence-electron chi connectivity index (χ1n) is 10.3. The Balaban J connectivity index is 2.02. The highest BCUT2D eigenvalue weighted by atomic mass is 79.9. The maximum atomic E-state index is 14.6. The summed E-state index contributed by atoms with van der Waals surface area (Å²) in [6, 6.07) is 12.4. The van der Waals surface area contributed by atoms with E-state index in [2.05, 4.69) is 31.9 Å². The second-order valence-corrected chi connectivity index (χ2v) is 11.8. The van der Waals surface area contributed by atoms with Gasteiger partial charge in [0.05, 0.1) is 10.8 Å². The van der Waals surface area contributed by atoms with Gasteiger partial charge >= 0.3 is 6.18 Å². The van der Waals surface area contributed by atoms with Crippen LogP contribution in [0.4, 0.5) is 13.2 Å². The van der Waals surface area contributed by atoms with Crippen LogP contribution in [0.1, 0.15) is 28.2 Å². The van der Waals surface area contributed by atoms with Gasteiger partial charge in [0.15, 0.2) is 0 Å². The number of sulfonamides is 1. The zero-order valence-electron chi connectivity index (χ0n) is 18.5. The van der Waals surface area contributed by atoms with E-state index < -0.39 is 28.7 Å². The third-order valence-electron chi connectivity index (χ3n) is 6.14. The number of fused-ring (bicyclic) bond motifs is 3. The topological polar surface area (TPSA) is 65.1 Å². The van der Waals surface area contributed by atoms with Crippen molar-refractivity contribution in [2.75, 3.05) is 0 Å². The minimum atomic E-state index is -4.63. The molecule has 0 aliphatic carbocycles. The standard InChI is InChI=1S/C24H21Br2F3N2O2S/c1-12-8-13(2)23(34(30,32)33)14(3)22(12)19(24(27,28)29)11-31-20-6-4-15(25)9-17(20)18-10-16(26)5-7-21(18)31/h4-10,19H,11H2,1-3H3,(H2,30,32,33). The molecule has 1 aromatic heterocycles. The first-order chi connectivity index (χ1) is 15.7. The molecule has 0 amide bonds. The first-order valence-corrected chi connectivity index (χ1v) is 13.4. The molecule has 0 fully saturated rings. The van der Waals surface area contributed by atoms with Crippen LogP contribution in [0.3, 0.4) is 0 Å². The average molecular weight is 618 g/mol. The third-order valence-corrected chi connectivity index (χ3v) is 8.33. The minimum absolute atomic E-state index is 0.0357. The summed E-state index contributed by atoms with van der Waals surface area (Å²) >= 11 is 6.90. The van der Waals surface area contributed by atoms with Crippen LogP contribution in [0.25, 0.3) is 21.8 Å². The highest BCUT2D eigenvalue weighted by Crippen LogP contribution is 2.43. The Bertz CT molecular complexity index is 1500. The van der Waals surface area contributed by atoms with Crippen molar-refractivity contribution >= 4 is 63.7 Å². The van der Waals surface area contributed by atoms with Gasteiger partial charge in [0.2, 0.25) is 10.0 Å². The molecule has 0 radical (unpaired) electrons. The van der Waals surface area contributed by atoms with Crippen LogP contribution in [0.15, 0.2) is 56.3 Å². The van der Waals surface area contributed by atoms with Crippen LogP contribution in [0, 0.1) is 20.8 Å². The van der Waals surface area contributed by atoms with E-state index in [1.54, 1.807) is 35.8 Å². The molecular weight excluding hydrogens is 597 g/mol. The molecule has 4 aromatic rings. The molecule has 1 unspecified atom stereocenters. The smallest absolute Gasteiger partial charge is 0.340 e. The zero-order chi connectivity index (χ0) is 25.2. The Hall–Kier alpha value is -1.88. The molecule has 3 aromatic carbocycles. The van der Waals surface area contributed by atoms with Gasteiger partial charge in [-0.15, -0.1) is 0 Å². The van der Waals surface area contributed by atoms with Crippen LogP contribution < -0.4 is 5.14 Å². The van der Waals surface area contributed by atoms with E-state index in [9.17, 15) is 21.6 Å². The summed E-state index contributed by atoms with van der Waals surface area (Å²) in [4.78, 5) is -0.252.